The number of nitrogens with two attached hydrogens (primary N) is 1. The predicted octanol–water partition coefficient (Wildman–Crippen LogP) is 2.47. The van der Waals surface area contributed by atoms with E-state index in [1.165, 1.54) is 0 Å². The number of carbonyl (C=O) groups excluding carboxylic acids is 1. The average molecular weight is 277 g/mol. The van der Waals surface area contributed by atoms with Crippen LogP contribution in [0.25, 0.3) is 0 Å². The second-order valence-corrected chi connectivity index (χ2v) is 5.69. The standard InChI is InChI=1S/C15H23N3O2/c1-11(2)20-13-12(7-6-10-17-13)18-14(19)15(16)8-4-3-5-9-15/h6-7,10-11H,3-5,8-9,16H2,1-2H3,(H,18,19). The van der Waals surface area contributed by atoms with E-state index in [1.54, 1.807) is 18.3 Å². The monoisotopic (exact) mass is 277 g/mol. The molecule has 1 aromatic heterocycles. The number of hydrogen-bond acceptors (Lipinski definition) is 4. The Morgan fingerprint density at radius 3 is 2.75 bits per heavy atom. The maximum atomic E-state index is 12.4. The molecule has 5 nitrogen and oxygen atoms in total. The third kappa shape index (κ3) is 3.48. The Hall–Kier alpha value is -1.62. The highest BCUT2D eigenvalue weighted by Crippen LogP contribution is 2.29. The molecule has 0 radical (unpaired) electrons. The van der Waals surface area contributed by atoms with Gasteiger partial charge in [-0.15, -0.1) is 0 Å². The third-order valence-corrected chi connectivity index (χ3v) is 3.56. The van der Waals surface area contributed by atoms with Crippen LogP contribution in [0.1, 0.15) is 46.0 Å². The number of aromatic nitrogens is 1. The highest BCUT2D eigenvalue weighted by Gasteiger charge is 2.35. The number of nitrogens with one attached hydrogen (secondary N) is 1. The highest BCUT2D eigenvalue weighted by atomic mass is 16.5. The van der Waals surface area contributed by atoms with Crippen LogP contribution in [0.15, 0.2) is 18.3 Å². The lowest BCUT2D eigenvalue weighted by molar-refractivity contribution is -0.122. The number of rotatable bonds is 4. The number of hydrogen-bond donors (Lipinski definition) is 2. The van der Waals surface area contributed by atoms with Gasteiger partial charge in [0, 0.05) is 6.20 Å². The predicted molar refractivity (Wildman–Crippen MR) is 78.6 cm³/mol. The van der Waals surface area contributed by atoms with Gasteiger partial charge in [0.1, 0.15) is 5.69 Å². The SMILES string of the molecule is CC(C)Oc1ncccc1NC(=O)C1(N)CCCCC1. The molecule has 1 aliphatic rings. The van der Waals surface area contributed by atoms with Crippen molar-refractivity contribution < 1.29 is 9.53 Å². The molecule has 1 amide bonds. The molecule has 0 atom stereocenters. The molecular weight excluding hydrogens is 254 g/mol. The first-order chi connectivity index (χ1) is 9.51. The Morgan fingerprint density at radius 2 is 2.10 bits per heavy atom. The van der Waals surface area contributed by atoms with E-state index < -0.39 is 5.54 Å². The van der Waals surface area contributed by atoms with Gasteiger partial charge in [-0.2, -0.15) is 0 Å². The number of carbonyl (C=O) groups is 1. The minimum Gasteiger partial charge on any atom is -0.473 e. The van der Waals surface area contributed by atoms with Crippen LogP contribution in [-0.4, -0.2) is 22.5 Å². The summed E-state index contributed by atoms with van der Waals surface area (Å²) < 4.78 is 5.60. The number of ether oxygens (including phenoxy) is 1. The van der Waals surface area contributed by atoms with E-state index in [2.05, 4.69) is 10.3 Å². The molecule has 0 aliphatic heterocycles. The zero-order chi connectivity index (χ0) is 14.6. The molecule has 20 heavy (non-hydrogen) atoms. The summed E-state index contributed by atoms with van der Waals surface area (Å²) in [5.41, 5.74) is 6.05. The van der Waals surface area contributed by atoms with E-state index in [9.17, 15) is 4.79 Å². The molecule has 3 N–H and O–H groups in total. The maximum absolute atomic E-state index is 12.4. The summed E-state index contributed by atoms with van der Waals surface area (Å²) in [5.74, 6) is 0.300. The molecule has 1 aliphatic carbocycles. The Morgan fingerprint density at radius 1 is 1.40 bits per heavy atom. The first-order valence-corrected chi connectivity index (χ1v) is 7.23. The lowest BCUT2D eigenvalue weighted by Crippen LogP contribution is -2.52. The van der Waals surface area contributed by atoms with Crippen LogP contribution in [0.3, 0.4) is 0 Å². The van der Waals surface area contributed by atoms with Gasteiger partial charge in [-0.1, -0.05) is 19.3 Å². The van der Waals surface area contributed by atoms with Crippen LogP contribution in [0, 0.1) is 0 Å². The van der Waals surface area contributed by atoms with Crippen LogP contribution < -0.4 is 15.8 Å². The van der Waals surface area contributed by atoms with Crippen molar-refractivity contribution in [2.24, 2.45) is 5.73 Å². The van der Waals surface area contributed by atoms with Gasteiger partial charge in [0.15, 0.2) is 0 Å². The summed E-state index contributed by atoms with van der Waals surface area (Å²) in [6, 6.07) is 3.56. The summed E-state index contributed by atoms with van der Waals surface area (Å²) in [6.45, 7) is 3.84. The number of nitrogens with zero attached hydrogens (tertiary/aromatic N) is 1. The van der Waals surface area contributed by atoms with Gasteiger partial charge >= 0.3 is 0 Å². The van der Waals surface area contributed by atoms with Crippen LogP contribution in [0.5, 0.6) is 5.88 Å². The van der Waals surface area contributed by atoms with Gasteiger partial charge in [0.05, 0.1) is 11.6 Å². The van der Waals surface area contributed by atoms with Crippen LogP contribution in [0.4, 0.5) is 5.69 Å². The first kappa shape index (κ1) is 14.8. The van der Waals surface area contributed by atoms with Gasteiger partial charge in [-0.05, 0) is 38.8 Å². The van der Waals surface area contributed by atoms with Gasteiger partial charge in [-0.25, -0.2) is 4.98 Å². The second kappa shape index (κ2) is 6.22. The van der Waals surface area contributed by atoms with Crippen molar-refractivity contribution in [3.63, 3.8) is 0 Å². The van der Waals surface area contributed by atoms with Crippen LogP contribution in [0.2, 0.25) is 0 Å². The zero-order valence-corrected chi connectivity index (χ0v) is 12.2. The third-order valence-electron chi connectivity index (χ3n) is 3.56. The van der Waals surface area contributed by atoms with E-state index >= 15 is 0 Å². The fraction of sp³-hybridized carbons (Fsp3) is 0.600. The summed E-state index contributed by atoms with van der Waals surface area (Å²) >= 11 is 0. The molecule has 0 saturated heterocycles. The largest absolute Gasteiger partial charge is 0.473 e. The van der Waals surface area contributed by atoms with Crippen molar-refractivity contribution >= 4 is 11.6 Å². The summed E-state index contributed by atoms with van der Waals surface area (Å²) in [5, 5.41) is 2.87. The number of pyridine rings is 1. The molecule has 1 heterocycles. The summed E-state index contributed by atoms with van der Waals surface area (Å²) in [7, 11) is 0. The quantitative estimate of drug-likeness (QED) is 0.886. The minimum atomic E-state index is -0.761. The number of anilines is 1. The molecule has 0 bridgehead atoms. The summed E-state index contributed by atoms with van der Waals surface area (Å²) in [4.78, 5) is 16.6. The molecular formula is C15H23N3O2. The molecule has 5 heteroatoms. The summed E-state index contributed by atoms with van der Waals surface area (Å²) in [6.07, 6.45) is 6.28. The average Bonchev–Trinajstić information content (AvgIpc) is 2.41. The van der Waals surface area contributed by atoms with Crippen molar-refractivity contribution in [2.45, 2.75) is 57.6 Å². The fourth-order valence-corrected chi connectivity index (χ4v) is 2.46. The molecule has 1 aromatic rings. The van der Waals surface area contributed by atoms with Gasteiger partial charge < -0.3 is 15.8 Å². The van der Waals surface area contributed by atoms with Gasteiger partial charge in [-0.3, -0.25) is 4.79 Å². The Bertz CT molecular complexity index is 468. The van der Waals surface area contributed by atoms with Crippen molar-refractivity contribution in [3.8, 4) is 5.88 Å². The molecule has 0 unspecified atom stereocenters. The van der Waals surface area contributed by atoms with Crippen molar-refractivity contribution in [2.75, 3.05) is 5.32 Å². The first-order valence-electron chi connectivity index (χ1n) is 7.23. The van der Waals surface area contributed by atoms with Gasteiger partial charge in [0.25, 0.3) is 0 Å². The molecule has 110 valence electrons. The topological polar surface area (TPSA) is 77.2 Å². The molecule has 0 aromatic carbocycles. The number of amides is 1. The van der Waals surface area contributed by atoms with E-state index in [1.807, 2.05) is 13.8 Å². The Labute approximate surface area is 119 Å². The van der Waals surface area contributed by atoms with E-state index in [4.69, 9.17) is 10.5 Å². The Kier molecular flexibility index (Phi) is 4.60. The van der Waals surface area contributed by atoms with Crippen molar-refractivity contribution in [1.82, 2.24) is 4.98 Å². The second-order valence-electron chi connectivity index (χ2n) is 5.69. The molecule has 1 saturated carbocycles. The normalized spacial score (nSPS) is 17.8. The van der Waals surface area contributed by atoms with Crippen LogP contribution in [-0.2, 0) is 4.79 Å². The van der Waals surface area contributed by atoms with E-state index in [0.717, 1.165) is 32.1 Å². The minimum absolute atomic E-state index is 0.00192. The Balaban J connectivity index is 2.11. The fourth-order valence-electron chi connectivity index (χ4n) is 2.46. The smallest absolute Gasteiger partial charge is 0.244 e. The molecule has 0 spiro atoms. The lowest BCUT2D eigenvalue weighted by Gasteiger charge is -2.31. The van der Waals surface area contributed by atoms with Crippen molar-refractivity contribution in [3.05, 3.63) is 18.3 Å². The lowest BCUT2D eigenvalue weighted by atomic mass is 9.82. The van der Waals surface area contributed by atoms with E-state index in [0.29, 0.717) is 11.6 Å². The molecule has 1 fully saturated rings. The maximum Gasteiger partial charge on any atom is 0.244 e. The van der Waals surface area contributed by atoms with Gasteiger partial charge in [0.2, 0.25) is 11.8 Å². The zero-order valence-electron chi connectivity index (χ0n) is 12.2. The highest BCUT2D eigenvalue weighted by molar-refractivity contribution is 5.98. The molecule has 2 rings (SSSR count). The van der Waals surface area contributed by atoms with E-state index in [-0.39, 0.29) is 12.0 Å². The van der Waals surface area contributed by atoms with Crippen LogP contribution >= 0.6 is 0 Å². The van der Waals surface area contributed by atoms with Crippen molar-refractivity contribution in [1.29, 1.82) is 0 Å².